The molecule has 1 amide bonds. The predicted molar refractivity (Wildman–Crippen MR) is 79.1 cm³/mol. The minimum Gasteiger partial charge on any atom is -0.449 e. The average molecular weight is 379 g/mol. The average Bonchev–Trinajstić information content (AvgIpc) is 2.36. The number of carbonyl (C=O) groups is 2. The van der Waals surface area contributed by atoms with Crippen molar-refractivity contribution < 1.29 is 22.7 Å². The normalized spacial score (nSPS) is 12.6. The lowest BCUT2D eigenvalue weighted by atomic mass is 10.2. The van der Waals surface area contributed by atoms with Crippen molar-refractivity contribution in [1.82, 2.24) is 4.90 Å². The molecule has 9 heteroatoms. The third-order valence-electron chi connectivity index (χ3n) is 2.56. The van der Waals surface area contributed by atoms with E-state index in [4.69, 9.17) is 9.88 Å². The van der Waals surface area contributed by atoms with Gasteiger partial charge < -0.3 is 9.64 Å². The van der Waals surface area contributed by atoms with E-state index < -0.39 is 22.1 Å². The Hall–Kier alpha value is -1.45. The van der Waals surface area contributed by atoms with E-state index in [0.29, 0.717) is 4.47 Å². The number of rotatable bonds is 4. The first kappa shape index (κ1) is 17.6. The summed E-state index contributed by atoms with van der Waals surface area (Å²) in [6.07, 6.45) is -0.988. The second-order valence-electron chi connectivity index (χ2n) is 4.47. The van der Waals surface area contributed by atoms with E-state index in [2.05, 4.69) is 15.9 Å². The molecule has 0 aliphatic carbocycles. The summed E-state index contributed by atoms with van der Waals surface area (Å²) in [6, 6.07) is 3.72. The Labute approximate surface area is 131 Å². The molecule has 0 bridgehead atoms. The third-order valence-corrected chi connectivity index (χ3v) is 4.16. The summed E-state index contributed by atoms with van der Waals surface area (Å²) in [5.41, 5.74) is -0.0278. The summed E-state index contributed by atoms with van der Waals surface area (Å²) >= 11 is 3.12. The van der Waals surface area contributed by atoms with E-state index in [9.17, 15) is 18.0 Å². The second-order valence-corrected chi connectivity index (χ2v) is 6.88. The van der Waals surface area contributed by atoms with Crippen LogP contribution in [-0.2, 0) is 19.6 Å². The van der Waals surface area contributed by atoms with E-state index in [1.807, 2.05) is 0 Å². The molecule has 1 rings (SSSR count). The highest BCUT2D eigenvalue weighted by molar-refractivity contribution is 9.10. The van der Waals surface area contributed by atoms with Gasteiger partial charge in [0, 0.05) is 18.6 Å². The fourth-order valence-corrected chi connectivity index (χ4v) is 2.42. The molecule has 0 fully saturated rings. The lowest BCUT2D eigenvalue weighted by molar-refractivity contribution is -0.137. The molecule has 116 valence electrons. The monoisotopic (exact) mass is 378 g/mol. The highest BCUT2D eigenvalue weighted by Gasteiger charge is 2.23. The lowest BCUT2D eigenvalue weighted by Gasteiger charge is -2.17. The number of nitrogens with two attached hydrogens (primary N) is 1. The highest BCUT2D eigenvalue weighted by Crippen LogP contribution is 2.22. The molecule has 0 radical (unpaired) electrons. The number of carbonyl (C=O) groups excluding carboxylic acids is 2. The Kier molecular flexibility index (Phi) is 5.48. The number of hydrogen-bond donors (Lipinski definition) is 1. The largest absolute Gasteiger partial charge is 0.449 e. The molecule has 21 heavy (non-hydrogen) atoms. The van der Waals surface area contributed by atoms with Crippen LogP contribution in [0.5, 0.6) is 0 Å². The first-order valence-corrected chi connectivity index (χ1v) is 8.12. The lowest BCUT2D eigenvalue weighted by Crippen LogP contribution is -2.35. The van der Waals surface area contributed by atoms with Crippen LogP contribution >= 0.6 is 15.9 Å². The number of amides is 1. The van der Waals surface area contributed by atoms with Crippen LogP contribution in [0.1, 0.15) is 17.3 Å². The van der Waals surface area contributed by atoms with Crippen LogP contribution in [0.4, 0.5) is 0 Å². The Balaban J connectivity index is 3.05. The fraction of sp³-hybridized carbons (Fsp3) is 0.333. The van der Waals surface area contributed by atoms with Crippen molar-refractivity contribution >= 4 is 37.8 Å². The zero-order valence-corrected chi connectivity index (χ0v) is 14.1. The number of hydrogen-bond acceptors (Lipinski definition) is 5. The van der Waals surface area contributed by atoms with Gasteiger partial charge in [0.1, 0.15) is 0 Å². The maximum atomic E-state index is 12.0. The fourth-order valence-electron chi connectivity index (χ4n) is 1.48. The quantitative estimate of drug-likeness (QED) is 0.777. The van der Waals surface area contributed by atoms with Crippen LogP contribution in [0.3, 0.4) is 0 Å². The van der Waals surface area contributed by atoms with Crippen molar-refractivity contribution in [2.24, 2.45) is 5.14 Å². The summed E-state index contributed by atoms with van der Waals surface area (Å²) in [7, 11) is -0.874. The molecule has 1 aromatic carbocycles. The van der Waals surface area contributed by atoms with Crippen molar-refractivity contribution in [1.29, 1.82) is 0 Å². The van der Waals surface area contributed by atoms with Crippen molar-refractivity contribution in [2.75, 3.05) is 14.1 Å². The van der Waals surface area contributed by atoms with Gasteiger partial charge in [-0.3, -0.25) is 4.79 Å². The molecule has 0 aliphatic heterocycles. The highest BCUT2D eigenvalue weighted by atomic mass is 79.9. The molecule has 0 spiro atoms. The van der Waals surface area contributed by atoms with Gasteiger partial charge in [-0.1, -0.05) is 0 Å². The molecule has 0 aliphatic rings. The van der Waals surface area contributed by atoms with Crippen LogP contribution < -0.4 is 5.14 Å². The van der Waals surface area contributed by atoms with Gasteiger partial charge in [-0.2, -0.15) is 0 Å². The molecule has 0 aromatic heterocycles. The number of halogens is 1. The van der Waals surface area contributed by atoms with Gasteiger partial charge in [-0.05, 0) is 41.1 Å². The van der Waals surface area contributed by atoms with Gasteiger partial charge in [-0.25, -0.2) is 18.4 Å². The minimum absolute atomic E-state index is 0.0278. The zero-order chi connectivity index (χ0) is 16.4. The molecule has 1 atom stereocenters. The zero-order valence-electron chi connectivity index (χ0n) is 11.7. The van der Waals surface area contributed by atoms with Crippen LogP contribution in [0, 0.1) is 0 Å². The van der Waals surface area contributed by atoms with Crippen LogP contribution in [0.25, 0.3) is 0 Å². The number of sulfonamides is 1. The van der Waals surface area contributed by atoms with Gasteiger partial charge in [0.2, 0.25) is 10.0 Å². The molecular weight excluding hydrogens is 364 g/mol. The van der Waals surface area contributed by atoms with Gasteiger partial charge in [0.25, 0.3) is 5.91 Å². The van der Waals surface area contributed by atoms with Crippen LogP contribution in [0.15, 0.2) is 27.6 Å². The van der Waals surface area contributed by atoms with Crippen LogP contribution in [0.2, 0.25) is 0 Å². The Morgan fingerprint density at radius 2 is 1.90 bits per heavy atom. The maximum Gasteiger partial charge on any atom is 0.340 e. The van der Waals surface area contributed by atoms with Crippen molar-refractivity contribution in [3.05, 3.63) is 28.2 Å². The van der Waals surface area contributed by atoms with E-state index in [1.165, 1.54) is 38.1 Å². The number of esters is 1. The van der Waals surface area contributed by atoms with E-state index in [1.54, 1.807) is 0 Å². The first-order chi connectivity index (χ1) is 9.54. The number of likely N-dealkylation sites (N-methyl/N-ethyl adjacent to an activating group) is 1. The molecule has 7 nitrogen and oxygen atoms in total. The summed E-state index contributed by atoms with van der Waals surface area (Å²) in [4.78, 5) is 24.7. The Morgan fingerprint density at radius 1 is 1.33 bits per heavy atom. The smallest absolute Gasteiger partial charge is 0.340 e. The molecule has 0 unspecified atom stereocenters. The van der Waals surface area contributed by atoms with Crippen molar-refractivity contribution in [3.63, 3.8) is 0 Å². The van der Waals surface area contributed by atoms with E-state index in [-0.39, 0.29) is 16.4 Å². The summed E-state index contributed by atoms with van der Waals surface area (Å²) < 4.78 is 27.9. The Morgan fingerprint density at radius 3 is 2.38 bits per heavy atom. The summed E-state index contributed by atoms with van der Waals surface area (Å²) in [5, 5.41) is 5.01. The van der Waals surface area contributed by atoms with E-state index in [0.717, 1.165) is 6.07 Å². The molecule has 0 saturated carbocycles. The van der Waals surface area contributed by atoms with Gasteiger partial charge in [0.05, 0.1) is 10.5 Å². The third kappa shape index (κ3) is 4.51. The summed E-state index contributed by atoms with van der Waals surface area (Å²) in [5.74, 6) is -1.21. The van der Waals surface area contributed by atoms with E-state index >= 15 is 0 Å². The molecular formula is C12H15BrN2O5S. The molecule has 0 heterocycles. The second kappa shape index (κ2) is 6.54. The maximum absolute atomic E-state index is 12.0. The van der Waals surface area contributed by atoms with Gasteiger partial charge in [0.15, 0.2) is 6.10 Å². The topological polar surface area (TPSA) is 107 Å². The number of primary sulfonamides is 1. The molecule has 1 aromatic rings. The van der Waals surface area contributed by atoms with Gasteiger partial charge in [-0.15, -0.1) is 0 Å². The summed E-state index contributed by atoms with van der Waals surface area (Å²) in [6.45, 7) is 1.43. The first-order valence-electron chi connectivity index (χ1n) is 5.78. The standard InChI is InChI=1S/C12H15BrN2O5S/c1-7(11(16)15(2)3)20-12(17)9-6-8(21(14,18)19)4-5-10(9)13/h4-7H,1-3H3,(H2,14,18,19)/t7-/m1/s1. The number of ether oxygens (including phenoxy) is 1. The number of benzene rings is 1. The van der Waals surface area contributed by atoms with Crippen molar-refractivity contribution in [3.8, 4) is 0 Å². The molecule has 2 N–H and O–H groups in total. The number of nitrogens with zero attached hydrogens (tertiary/aromatic N) is 1. The Bertz CT molecular complexity index is 672. The van der Waals surface area contributed by atoms with Crippen molar-refractivity contribution in [2.45, 2.75) is 17.9 Å². The predicted octanol–water partition coefficient (Wildman–Crippen LogP) is 0.730. The van der Waals surface area contributed by atoms with Gasteiger partial charge >= 0.3 is 5.97 Å². The minimum atomic E-state index is -3.94. The molecule has 0 saturated heterocycles. The van der Waals surface area contributed by atoms with Crippen LogP contribution in [-0.4, -0.2) is 45.4 Å². The SMILES string of the molecule is C[C@@H](OC(=O)c1cc(S(N)(=O)=O)ccc1Br)C(=O)N(C)C.